The zero-order chi connectivity index (χ0) is 30.4. The number of carbonyl (C=O) groups is 5. The number of hydrogen-bond donors (Lipinski definition) is 4. The summed E-state index contributed by atoms with van der Waals surface area (Å²) in [5, 5.41) is 10.7. The van der Waals surface area contributed by atoms with E-state index in [-0.39, 0.29) is 43.3 Å². The predicted molar refractivity (Wildman–Crippen MR) is 157 cm³/mol. The second kappa shape index (κ2) is 18.0. The number of benzene rings is 1. The number of Topliss-reactive ketones (excluding diaryl/α,β-unsaturated/α-hetero) is 1. The van der Waals surface area contributed by atoms with Crippen molar-refractivity contribution in [2.75, 3.05) is 18.8 Å². The molecule has 41 heavy (non-hydrogen) atoms. The lowest BCUT2D eigenvalue weighted by Gasteiger charge is -2.24. The molecule has 4 amide bonds. The van der Waals surface area contributed by atoms with Gasteiger partial charge in [-0.1, -0.05) is 47.9 Å². The van der Waals surface area contributed by atoms with Gasteiger partial charge in [0.25, 0.3) is 5.91 Å². The first-order valence-electron chi connectivity index (χ1n) is 13.9. The van der Waals surface area contributed by atoms with Crippen molar-refractivity contribution in [1.29, 1.82) is 0 Å². The molecule has 1 heterocycles. The van der Waals surface area contributed by atoms with Gasteiger partial charge in [0.1, 0.15) is 12.1 Å². The molecule has 1 aliphatic rings. The van der Waals surface area contributed by atoms with E-state index >= 15 is 0 Å². The van der Waals surface area contributed by atoms with Crippen LogP contribution in [0.2, 0.25) is 0 Å². The minimum atomic E-state index is -1.38. The Bertz CT molecular complexity index is 1070. The first-order chi connectivity index (χ1) is 19.5. The molecular weight excluding hydrogens is 574 g/mol. The van der Waals surface area contributed by atoms with E-state index in [0.717, 1.165) is 31.4 Å². The normalized spacial score (nSPS) is 16.1. The predicted octanol–water partition coefficient (Wildman–Crippen LogP) is 3.06. The Balaban J connectivity index is 1.97. The van der Waals surface area contributed by atoms with Crippen molar-refractivity contribution in [3.63, 3.8) is 0 Å². The van der Waals surface area contributed by atoms with Crippen LogP contribution in [0.4, 0.5) is 8.78 Å². The molecule has 0 aliphatic carbocycles. The van der Waals surface area contributed by atoms with Gasteiger partial charge in [-0.2, -0.15) is 0 Å². The summed E-state index contributed by atoms with van der Waals surface area (Å²) in [6, 6.07) is 0.597. The number of nitrogens with one attached hydrogen (secondary N) is 4. The molecule has 13 heteroatoms. The average molecular weight is 615 g/mol. The number of amides is 4. The number of hydrogen-bond acceptors (Lipinski definition) is 7. The van der Waals surface area contributed by atoms with Crippen molar-refractivity contribution in [3.8, 4) is 0 Å². The van der Waals surface area contributed by atoms with Gasteiger partial charge < -0.3 is 21.3 Å². The van der Waals surface area contributed by atoms with Gasteiger partial charge in [-0.05, 0) is 56.2 Å². The third-order valence-corrected chi connectivity index (χ3v) is 9.34. The molecule has 0 bridgehead atoms. The van der Waals surface area contributed by atoms with Crippen LogP contribution in [0.25, 0.3) is 0 Å². The zero-order valence-electron chi connectivity index (χ0n) is 23.7. The highest BCUT2D eigenvalue weighted by Gasteiger charge is 2.31. The summed E-state index contributed by atoms with van der Waals surface area (Å²) in [6.07, 6.45) is 4.18. The highest BCUT2D eigenvalue weighted by Crippen LogP contribution is 2.39. The molecule has 1 aliphatic heterocycles. The summed E-state index contributed by atoms with van der Waals surface area (Å²) in [5.41, 5.74) is 0.194. The van der Waals surface area contributed by atoms with Crippen LogP contribution >= 0.6 is 21.6 Å². The van der Waals surface area contributed by atoms with Gasteiger partial charge in [0.05, 0.1) is 6.54 Å². The maximum absolute atomic E-state index is 13.8. The van der Waals surface area contributed by atoms with E-state index < -0.39 is 47.2 Å². The molecule has 0 spiro atoms. The van der Waals surface area contributed by atoms with E-state index in [4.69, 9.17) is 0 Å². The zero-order valence-corrected chi connectivity index (χ0v) is 25.4. The van der Waals surface area contributed by atoms with Gasteiger partial charge in [0.2, 0.25) is 23.5 Å². The number of unbranched alkanes of at least 4 members (excludes halogenated alkanes) is 1. The number of halogens is 2. The Morgan fingerprint density at radius 3 is 2.37 bits per heavy atom. The fraction of sp³-hybridized carbons (Fsp3) is 0.607. The number of carbonyl (C=O) groups excluding carboxylic acids is 5. The topological polar surface area (TPSA) is 133 Å². The maximum Gasteiger partial charge on any atom is 0.289 e. The lowest BCUT2D eigenvalue weighted by molar-refractivity contribution is -0.140. The Labute approximate surface area is 247 Å². The Hall–Kier alpha value is -2.67. The second-order valence-electron chi connectivity index (χ2n) is 10.3. The molecule has 1 aromatic rings. The standard InChI is InChI=1S/C28H40F2N4O5S2/c1-4-31-28(39)26(37)22(15-18-9-10-20(29)21(30)14-18)34-27(38)23(13-17(2)3)33-25(36)16-32-24(35)8-6-5-7-19-11-12-40-41-19/h9-10,14,17,19,22-23H,4-8,11-13,15-16H2,1-3H3,(H,31,39)(H,32,35)(H,33,36)(H,34,38)/t19?,22-,23-/m0/s1. The fourth-order valence-electron chi connectivity index (χ4n) is 4.23. The molecular formula is C28H40F2N4O5S2. The molecule has 0 saturated carbocycles. The molecule has 1 aromatic carbocycles. The monoisotopic (exact) mass is 614 g/mol. The van der Waals surface area contributed by atoms with Crippen LogP contribution < -0.4 is 21.3 Å². The van der Waals surface area contributed by atoms with Crippen molar-refractivity contribution in [2.24, 2.45) is 5.92 Å². The lowest BCUT2D eigenvalue weighted by atomic mass is 9.99. The first-order valence-corrected chi connectivity index (χ1v) is 16.3. The van der Waals surface area contributed by atoms with Crippen LogP contribution in [0.3, 0.4) is 0 Å². The third-order valence-electron chi connectivity index (χ3n) is 6.33. The molecule has 1 unspecified atom stereocenters. The lowest BCUT2D eigenvalue weighted by Crippen LogP contribution is -2.55. The largest absolute Gasteiger partial charge is 0.350 e. The number of ketones is 1. The average Bonchev–Trinajstić information content (AvgIpc) is 3.44. The van der Waals surface area contributed by atoms with Crippen LogP contribution in [0.5, 0.6) is 0 Å². The van der Waals surface area contributed by atoms with E-state index in [0.29, 0.717) is 11.7 Å². The van der Waals surface area contributed by atoms with E-state index in [2.05, 4.69) is 21.3 Å². The molecule has 228 valence electrons. The highest BCUT2D eigenvalue weighted by molar-refractivity contribution is 8.77. The van der Waals surface area contributed by atoms with Crippen LogP contribution in [0.1, 0.15) is 64.9 Å². The Kier molecular flexibility index (Phi) is 15.2. The smallest absolute Gasteiger partial charge is 0.289 e. The van der Waals surface area contributed by atoms with Crippen LogP contribution in [-0.2, 0) is 30.4 Å². The quantitative estimate of drug-likeness (QED) is 0.120. The molecule has 4 N–H and O–H groups in total. The van der Waals surface area contributed by atoms with Gasteiger partial charge in [0, 0.05) is 30.4 Å². The molecule has 1 saturated heterocycles. The summed E-state index contributed by atoms with van der Waals surface area (Å²) < 4.78 is 27.1. The summed E-state index contributed by atoms with van der Waals surface area (Å²) in [7, 11) is 3.78. The molecule has 2 rings (SSSR count). The molecule has 3 atom stereocenters. The van der Waals surface area contributed by atoms with Gasteiger partial charge in [-0.25, -0.2) is 8.78 Å². The van der Waals surface area contributed by atoms with Gasteiger partial charge in [-0.15, -0.1) is 0 Å². The molecule has 9 nitrogen and oxygen atoms in total. The van der Waals surface area contributed by atoms with Gasteiger partial charge in [-0.3, -0.25) is 24.0 Å². The number of rotatable bonds is 17. The van der Waals surface area contributed by atoms with E-state index in [1.54, 1.807) is 6.92 Å². The molecule has 0 radical (unpaired) electrons. The summed E-state index contributed by atoms with van der Waals surface area (Å²) >= 11 is 0. The first kappa shape index (κ1) is 34.5. The fourth-order valence-corrected chi connectivity index (χ4v) is 7.26. The summed E-state index contributed by atoms with van der Waals surface area (Å²) in [6.45, 7) is 5.17. The summed E-state index contributed by atoms with van der Waals surface area (Å²) in [5.74, 6) is -4.50. The van der Waals surface area contributed by atoms with Gasteiger partial charge in [0.15, 0.2) is 11.6 Å². The molecule has 1 fully saturated rings. The minimum Gasteiger partial charge on any atom is -0.350 e. The third kappa shape index (κ3) is 12.8. The van der Waals surface area contributed by atoms with Crippen molar-refractivity contribution in [2.45, 2.75) is 83.1 Å². The van der Waals surface area contributed by atoms with Crippen molar-refractivity contribution < 1.29 is 32.8 Å². The SMILES string of the molecule is CCNC(=O)C(=O)[C@H](Cc1ccc(F)c(F)c1)NC(=O)[C@H](CC(C)C)NC(=O)CNC(=O)CCCCC1CCSS1. The minimum absolute atomic E-state index is 0.0270. The van der Waals surface area contributed by atoms with Gasteiger partial charge >= 0.3 is 0 Å². The van der Waals surface area contributed by atoms with Crippen molar-refractivity contribution in [1.82, 2.24) is 21.3 Å². The Morgan fingerprint density at radius 1 is 0.976 bits per heavy atom. The van der Waals surface area contributed by atoms with Crippen molar-refractivity contribution >= 4 is 51.0 Å². The van der Waals surface area contributed by atoms with Crippen LogP contribution in [-0.4, -0.2) is 65.6 Å². The Morgan fingerprint density at radius 2 is 1.73 bits per heavy atom. The maximum atomic E-state index is 13.8. The van der Waals surface area contributed by atoms with E-state index in [1.165, 1.54) is 18.2 Å². The highest BCUT2D eigenvalue weighted by atomic mass is 33.1. The van der Waals surface area contributed by atoms with E-state index in [1.807, 2.05) is 35.4 Å². The van der Waals surface area contributed by atoms with Crippen LogP contribution in [0, 0.1) is 17.6 Å². The van der Waals surface area contributed by atoms with E-state index in [9.17, 15) is 32.8 Å². The number of likely N-dealkylation sites (N-methyl/N-ethyl adjacent to an activating group) is 1. The molecule has 0 aromatic heterocycles. The summed E-state index contributed by atoms with van der Waals surface area (Å²) in [4.78, 5) is 63.1. The second-order valence-corrected chi connectivity index (χ2v) is 13.1. The van der Waals surface area contributed by atoms with Crippen molar-refractivity contribution in [3.05, 3.63) is 35.4 Å². The van der Waals surface area contributed by atoms with Crippen LogP contribution in [0.15, 0.2) is 18.2 Å².